The molecule has 1 fully saturated rings. The lowest BCUT2D eigenvalue weighted by Crippen LogP contribution is -2.51. The van der Waals surface area contributed by atoms with Crippen molar-refractivity contribution in [1.29, 1.82) is 5.26 Å². The van der Waals surface area contributed by atoms with Gasteiger partial charge in [0.25, 0.3) is 5.91 Å². The molecule has 3 rings (SSSR count). The summed E-state index contributed by atoms with van der Waals surface area (Å²) in [5.41, 5.74) is 7.21. The Hall–Kier alpha value is -3.69. The third-order valence-electron chi connectivity index (χ3n) is 5.22. The number of ether oxygens (including phenoxy) is 1. The first-order valence-corrected chi connectivity index (χ1v) is 12.0. The van der Waals surface area contributed by atoms with Gasteiger partial charge in [0.05, 0.1) is 17.1 Å². The summed E-state index contributed by atoms with van der Waals surface area (Å²) in [6.45, 7) is 8.87. The van der Waals surface area contributed by atoms with E-state index in [9.17, 15) is 19.6 Å². The number of hydrogen-bond acceptors (Lipinski definition) is 10. The maximum absolute atomic E-state index is 14.7. The molecule has 10 nitrogen and oxygen atoms in total. The number of aliphatic hydroxyl groups is 1. The summed E-state index contributed by atoms with van der Waals surface area (Å²) in [6, 6.07) is 6.86. The number of aliphatic hydroxyl groups excluding tert-OH is 1. The number of thioether (sulfide) groups is 1. The summed E-state index contributed by atoms with van der Waals surface area (Å²) in [5.74, 6) is 0.287. The number of likely N-dealkylation sites (tertiary alicyclic amines) is 1. The normalized spacial score (nSPS) is 19.1. The van der Waals surface area contributed by atoms with Crippen LogP contribution in [0.1, 0.15) is 32.8 Å². The van der Waals surface area contributed by atoms with Crippen molar-refractivity contribution in [3.8, 4) is 23.2 Å². The van der Waals surface area contributed by atoms with Crippen molar-refractivity contribution in [2.75, 3.05) is 18.4 Å². The SMILES string of the molecule is C=C(C)S/C(Nc1ncnc(-c2ccc(O[C@H]3CCN(C(=O)[C@H](C)O)C[C@H]3F)c(C#N)c2)n1)=C(/C)N. The molecule has 0 aliphatic carbocycles. The Kier molecular flexibility index (Phi) is 8.84. The molecule has 0 spiro atoms. The maximum atomic E-state index is 14.7. The van der Waals surface area contributed by atoms with Crippen molar-refractivity contribution < 1.29 is 19.0 Å². The van der Waals surface area contributed by atoms with Crippen LogP contribution in [0.4, 0.5) is 10.3 Å². The highest BCUT2D eigenvalue weighted by Gasteiger charge is 2.34. The molecule has 2 aromatic rings. The highest BCUT2D eigenvalue weighted by atomic mass is 32.2. The van der Waals surface area contributed by atoms with Gasteiger partial charge in [-0.25, -0.2) is 14.4 Å². The molecule has 0 bridgehead atoms. The summed E-state index contributed by atoms with van der Waals surface area (Å²) in [7, 11) is 0. The van der Waals surface area contributed by atoms with Gasteiger partial charge >= 0.3 is 0 Å². The molecular formula is C24H28FN7O3S. The predicted octanol–water partition coefficient (Wildman–Crippen LogP) is 2.94. The Balaban J connectivity index is 1.76. The average molecular weight is 514 g/mol. The minimum Gasteiger partial charge on any atom is -0.486 e. The van der Waals surface area contributed by atoms with E-state index < -0.39 is 24.3 Å². The molecule has 190 valence electrons. The standard InChI is InChI=1S/C24H28FN7O3S/c1-13(2)36-22(14(3)27)31-24-29-12-28-21(30-24)16-5-6-19(17(9-16)10-26)35-20-7-8-32(11-18(20)25)23(34)15(4)33/h5-6,9,12,15,18,20,33H,1,7-8,11,27H2,2-4H3,(H,28,29,30,31)/b22-14-/t15-,18+,20-/m0/s1. The van der Waals surface area contributed by atoms with Crippen molar-refractivity contribution in [1.82, 2.24) is 19.9 Å². The highest BCUT2D eigenvalue weighted by Crippen LogP contribution is 2.29. The number of allylic oxidation sites excluding steroid dienone is 2. The molecule has 1 amide bonds. The number of anilines is 1. The van der Waals surface area contributed by atoms with E-state index >= 15 is 0 Å². The van der Waals surface area contributed by atoms with Crippen LogP contribution in [0.5, 0.6) is 5.75 Å². The van der Waals surface area contributed by atoms with Gasteiger partial charge in [-0.05, 0) is 43.9 Å². The van der Waals surface area contributed by atoms with Gasteiger partial charge in [0, 0.05) is 24.2 Å². The van der Waals surface area contributed by atoms with Crippen molar-refractivity contribution in [2.45, 2.75) is 45.6 Å². The van der Waals surface area contributed by atoms with Gasteiger partial charge in [0.2, 0.25) is 5.95 Å². The van der Waals surface area contributed by atoms with Crippen LogP contribution in [0.2, 0.25) is 0 Å². The summed E-state index contributed by atoms with van der Waals surface area (Å²) >= 11 is 1.36. The van der Waals surface area contributed by atoms with Crippen LogP contribution in [0.15, 0.2) is 46.7 Å². The number of benzene rings is 1. The number of amides is 1. The van der Waals surface area contributed by atoms with E-state index in [-0.39, 0.29) is 36.8 Å². The number of nitrogens with two attached hydrogens (primary N) is 1. The van der Waals surface area contributed by atoms with Crippen LogP contribution in [0, 0.1) is 11.3 Å². The number of carbonyl (C=O) groups is 1. The van der Waals surface area contributed by atoms with Crippen LogP contribution in [0.25, 0.3) is 11.4 Å². The molecule has 1 aliphatic heterocycles. The van der Waals surface area contributed by atoms with Crippen molar-refractivity contribution >= 4 is 23.6 Å². The zero-order valence-electron chi connectivity index (χ0n) is 20.2. The molecule has 1 aromatic heterocycles. The fourth-order valence-corrected chi connectivity index (χ4v) is 4.13. The number of aromatic nitrogens is 3. The zero-order valence-corrected chi connectivity index (χ0v) is 21.0. The van der Waals surface area contributed by atoms with E-state index in [1.165, 1.54) is 29.9 Å². The fraction of sp³-hybridized carbons (Fsp3) is 0.375. The molecule has 2 heterocycles. The number of rotatable bonds is 8. The van der Waals surface area contributed by atoms with E-state index in [0.717, 1.165) is 4.91 Å². The number of carbonyl (C=O) groups excluding carboxylic acids is 1. The van der Waals surface area contributed by atoms with Gasteiger partial charge in [-0.1, -0.05) is 18.3 Å². The molecule has 12 heteroatoms. The third kappa shape index (κ3) is 6.71. The number of alkyl halides is 1. The topological polar surface area (TPSA) is 150 Å². The van der Waals surface area contributed by atoms with Crippen LogP contribution in [0.3, 0.4) is 0 Å². The lowest BCUT2D eigenvalue weighted by atomic mass is 10.0. The minimum atomic E-state index is -1.46. The average Bonchev–Trinajstić information content (AvgIpc) is 2.84. The Bertz CT molecular complexity index is 1210. The van der Waals surface area contributed by atoms with Crippen LogP contribution >= 0.6 is 11.8 Å². The van der Waals surface area contributed by atoms with E-state index in [4.69, 9.17) is 10.5 Å². The van der Waals surface area contributed by atoms with Gasteiger partial charge < -0.3 is 25.8 Å². The number of nitrogens with one attached hydrogen (secondary N) is 1. The third-order valence-corrected chi connectivity index (χ3v) is 6.20. The Labute approximate surface area is 213 Å². The molecule has 36 heavy (non-hydrogen) atoms. The van der Waals surface area contributed by atoms with Gasteiger partial charge in [0.1, 0.15) is 30.4 Å². The van der Waals surface area contributed by atoms with Gasteiger partial charge in [0.15, 0.2) is 12.0 Å². The second-order valence-corrected chi connectivity index (χ2v) is 9.63. The van der Waals surface area contributed by atoms with E-state index in [0.29, 0.717) is 22.1 Å². The minimum absolute atomic E-state index is 0.183. The van der Waals surface area contributed by atoms with Crippen LogP contribution < -0.4 is 15.8 Å². The number of piperidine rings is 1. The largest absolute Gasteiger partial charge is 0.486 e. The summed E-state index contributed by atoms with van der Waals surface area (Å²) in [5, 5.41) is 22.8. The number of hydrogen-bond donors (Lipinski definition) is 3. The van der Waals surface area contributed by atoms with Crippen molar-refractivity contribution in [3.63, 3.8) is 0 Å². The Morgan fingerprint density at radius 1 is 1.44 bits per heavy atom. The van der Waals surface area contributed by atoms with E-state index in [1.54, 1.807) is 25.1 Å². The van der Waals surface area contributed by atoms with E-state index in [2.05, 4.69) is 32.9 Å². The van der Waals surface area contributed by atoms with Crippen LogP contribution in [-0.4, -0.2) is 62.3 Å². The molecule has 1 aliphatic rings. The molecule has 0 saturated carbocycles. The van der Waals surface area contributed by atoms with Crippen molar-refractivity contribution in [3.05, 3.63) is 52.3 Å². The second-order valence-electron chi connectivity index (χ2n) is 8.32. The number of nitriles is 1. The lowest BCUT2D eigenvalue weighted by Gasteiger charge is -2.35. The van der Waals surface area contributed by atoms with Crippen LogP contribution in [-0.2, 0) is 4.79 Å². The molecular weight excluding hydrogens is 485 g/mol. The molecule has 0 radical (unpaired) electrons. The maximum Gasteiger partial charge on any atom is 0.251 e. The molecule has 3 atom stereocenters. The predicted molar refractivity (Wildman–Crippen MR) is 135 cm³/mol. The lowest BCUT2D eigenvalue weighted by molar-refractivity contribution is -0.143. The number of nitrogens with zero attached hydrogens (tertiary/aromatic N) is 5. The Morgan fingerprint density at radius 2 is 2.19 bits per heavy atom. The number of halogens is 1. The smallest absolute Gasteiger partial charge is 0.251 e. The van der Waals surface area contributed by atoms with Crippen molar-refractivity contribution in [2.24, 2.45) is 5.73 Å². The summed E-state index contributed by atoms with van der Waals surface area (Å²) in [6.07, 6.45) is -1.91. The monoisotopic (exact) mass is 513 g/mol. The molecule has 1 saturated heterocycles. The van der Waals surface area contributed by atoms with E-state index in [1.807, 2.05) is 6.92 Å². The fourth-order valence-electron chi connectivity index (χ4n) is 3.48. The first-order valence-electron chi connectivity index (χ1n) is 11.2. The first kappa shape index (κ1) is 26.9. The first-order chi connectivity index (χ1) is 17.1. The Morgan fingerprint density at radius 3 is 2.81 bits per heavy atom. The van der Waals surface area contributed by atoms with Gasteiger partial charge in [-0.2, -0.15) is 10.2 Å². The zero-order chi connectivity index (χ0) is 26.4. The quantitative estimate of drug-likeness (QED) is 0.481. The molecule has 0 unspecified atom stereocenters. The summed E-state index contributed by atoms with van der Waals surface area (Å²) < 4.78 is 20.5. The molecule has 1 aromatic carbocycles. The van der Waals surface area contributed by atoms with Gasteiger partial charge in [-0.3, -0.25) is 4.79 Å². The highest BCUT2D eigenvalue weighted by molar-refractivity contribution is 8.06. The van der Waals surface area contributed by atoms with Gasteiger partial charge in [-0.15, -0.1) is 0 Å². The summed E-state index contributed by atoms with van der Waals surface area (Å²) in [4.78, 5) is 26.8. The molecule has 4 N–H and O–H groups in total. The second kappa shape index (κ2) is 11.8.